The van der Waals surface area contributed by atoms with Gasteiger partial charge >= 0.3 is 0 Å². The second-order valence-electron chi connectivity index (χ2n) is 13.4. The van der Waals surface area contributed by atoms with E-state index in [-0.39, 0.29) is 0 Å². The predicted octanol–water partition coefficient (Wildman–Crippen LogP) is 11.3. The lowest BCUT2D eigenvalue weighted by Crippen LogP contribution is -2.48. The lowest BCUT2D eigenvalue weighted by atomic mass is 9.83. The van der Waals surface area contributed by atoms with Crippen LogP contribution in [0, 0.1) is 0 Å². The molecule has 4 heteroatoms. The molecule has 9 rings (SSSR count). The molecule has 0 saturated heterocycles. The van der Waals surface area contributed by atoms with E-state index >= 15 is 0 Å². The van der Waals surface area contributed by atoms with Gasteiger partial charge in [0.2, 0.25) is 5.89 Å². The average Bonchev–Trinajstić information content (AvgIpc) is 3.61. The van der Waals surface area contributed by atoms with E-state index in [9.17, 15) is 0 Å². The van der Waals surface area contributed by atoms with Crippen LogP contribution in [-0.4, -0.2) is 16.9 Å². The first-order valence-corrected chi connectivity index (χ1v) is 17.5. The topological polar surface area (TPSA) is 38.5 Å². The Labute approximate surface area is 292 Å². The lowest BCUT2D eigenvalue weighted by Gasteiger charge is -2.45. The summed E-state index contributed by atoms with van der Waals surface area (Å²) in [6, 6.07) is 53.6. The number of aryl methyl sites for hydroxylation is 1. The molecular weight excluding hydrogens is 613 g/mol. The Morgan fingerprint density at radius 2 is 1.36 bits per heavy atom. The van der Waals surface area contributed by atoms with Crippen LogP contribution < -0.4 is 0 Å². The molecule has 0 saturated carbocycles. The van der Waals surface area contributed by atoms with E-state index in [1.807, 2.05) is 36.4 Å². The van der Waals surface area contributed by atoms with Crippen molar-refractivity contribution in [1.29, 1.82) is 0 Å². The summed E-state index contributed by atoms with van der Waals surface area (Å²) in [5.41, 5.74) is 5.98. The van der Waals surface area contributed by atoms with E-state index in [4.69, 9.17) is 14.1 Å². The summed E-state index contributed by atoms with van der Waals surface area (Å²) < 4.78 is 14.0. The molecule has 8 aromatic rings. The molecule has 0 amide bonds. The Kier molecular flexibility index (Phi) is 7.76. The summed E-state index contributed by atoms with van der Waals surface area (Å²) in [6.45, 7) is 0.951. The molecule has 0 radical (unpaired) electrons. The zero-order valence-electron chi connectivity index (χ0n) is 28.2. The zero-order chi connectivity index (χ0) is 33.5. The van der Waals surface area contributed by atoms with Gasteiger partial charge in [-0.05, 0) is 75.8 Å². The minimum atomic E-state index is -0.675. The fraction of sp³-hybridized carbons (Fsp3) is 0.152. The largest absolute Gasteiger partial charge is 0.439 e. The van der Waals surface area contributed by atoms with E-state index in [0.717, 1.165) is 41.8 Å². The quantitative estimate of drug-likeness (QED) is 0.121. The Balaban J connectivity index is 1.14. The fourth-order valence-corrected chi connectivity index (χ4v) is 8.05. The van der Waals surface area contributed by atoms with Crippen LogP contribution in [0.25, 0.3) is 54.9 Å². The van der Waals surface area contributed by atoms with Gasteiger partial charge in [0.1, 0.15) is 11.4 Å². The van der Waals surface area contributed by atoms with Gasteiger partial charge in [-0.1, -0.05) is 146 Å². The third kappa shape index (κ3) is 5.29. The summed E-state index contributed by atoms with van der Waals surface area (Å²) >= 11 is 0. The van der Waals surface area contributed by atoms with Crippen LogP contribution in [0.3, 0.4) is 0 Å². The van der Waals surface area contributed by atoms with Crippen molar-refractivity contribution in [2.24, 2.45) is 0 Å². The van der Waals surface area contributed by atoms with Crippen molar-refractivity contribution in [3.05, 3.63) is 174 Å². The molecular formula is C46H38N2O2. The molecule has 0 aliphatic heterocycles. The minimum Gasteiger partial charge on any atom is -0.439 e. The molecule has 0 fully saturated rings. The Morgan fingerprint density at radius 1 is 0.680 bits per heavy atom. The second kappa shape index (κ2) is 12.7. The zero-order valence-corrected chi connectivity index (χ0v) is 28.2. The first-order chi connectivity index (χ1) is 24.7. The highest BCUT2D eigenvalue weighted by Gasteiger charge is 2.42. The van der Waals surface area contributed by atoms with Crippen molar-refractivity contribution >= 4 is 32.3 Å². The van der Waals surface area contributed by atoms with Gasteiger partial charge in [-0.2, -0.15) is 0 Å². The lowest BCUT2D eigenvalue weighted by molar-refractivity contribution is -0.178. The smallest absolute Gasteiger partial charge is 0.209 e. The summed E-state index contributed by atoms with van der Waals surface area (Å²) in [7, 11) is 2.16. The van der Waals surface area contributed by atoms with Gasteiger partial charge in [-0.25, -0.2) is 4.98 Å². The molecule has 244 valence electrons. The number of hydrogen-bond acceptors (Lipinski definition) is 4. The molecule has 50 heavy (non-hydrogen) atoms. The predicted molar refractivity (Wildman–Crippen MR) is 204 cm³/mol. The standard InChI is InChI=1S/C46H38N2O2/c1-48(30-42-47-44(34-17-4-2-5-18-34)45(50-42)35-19-6-3-7-20-35)46(28-14-22-33-16-10-13-25-41(33)46)49-31-37-29-36-21-9-11-23-38(36)40-27-26-32-15-8-12-24-39(32)43(37)40/h2-13,15-21,23-27,29H,14,22,28,30-31H2,1H3. The number of ether oxygens (including phenoxy) is 1. The molecule has 1 aromatic heterocycles. The van der Waals surface area contributed by atoms with E-state index < -0.39 is 5.72 Å². The van der Waals surface area contributed by atoms with Crippen LogP contribution in [0.4, 0.5) is 0 Å². The molecule has 1 aliphatic carbocycles. The van der Waals surface area contributed by atoms with Crippen LogP contribution in [0.1, 0.15) is 35.4 Å². The van der Waals surface area contributed by atoms with Crippen LogP contribution in [0.2, 0.25) is 0 Å². The Bertz CT molecular complexity index is 2410. The number of oxazole rings is 1. The van der Waals surface area contributed by atoms with Gasteiger partial charge in [-0.3, -0.25) is 4.90 Å². The van der Waals surface area contributed by atoms with E-state index in [1.54, 1.807) is 0 Å². The number of hydrogen-bond donors (Lipinski definition) is 0. The minimum absolute atomic E-state index is 0.462. The molecule has 1 heterocycles. The molecule has 1 atom stereocenters. The Morgan fingerprint density at radius 3 is 2.18 bits per heavy atom. The first kappa shape index (κ1) is 30.5. The molecule has 0 spiro atoms. The van der Waals surface area contributed by atoms with Crippen LogP contribution in [0.5, 0.6) is 0 Å². The number of rotatable bonds is 8. The third-order valence-corrected chi connectivity index (χ3v) is 10.4. The summed E-state index contributed by atoms with van der Waals surface area (Å²) in [6.07, 6.45) is 2.93. The van der Waals surface area contributed by atoms with E-state index in [1.165, 1.54) is 49.0 Å². The van der Waals surface area contributed by atoms with E-state index in [0.29, 0.717) is 19.0 Å². The number of nitrogens with zero attached hydrogens (tertiary/aromatic N) is 2. The van der Waals surface area contributed by atoms with Crippen molar-refractivity contribution in [3.8, 4) is 22.6 Å². The maximum Gasteiger partial charge on any atom is 0.209 e. The molecule has 0 N–H and O–H groups in total. The maximum atomic E-state index is 7.39. The van der Waals surface area contributed by atoms with Crippen LogP contribution >= 0.6 is 0 Å². The van der Waals surface area contributed by atoms with Gasteiger partial charge in [0.25, 0.3) is 0 Å². The van der Waals surface area contributed by atoms with Gasteiger partial charge in [0.15, 0.2) is 5.76 Å². The van der Waals surface area contributed by atoms with Gasteiger partial charge in [0.05, 0.1) is 13.2 Å². The van der Waals surface area contributed by atoms with Crippen molar-refractivity contribution in [2.45, 2.75) is 38.1 Å². The Hall–Kier alpha value is -5.55. The highest BCUT2D eigenvalue weighted by Crippen LogP contribution is 2.44. The maximum absolute atomic E-state index is 7.39. The summed E-state index contributed by atoms with van der Waals surface area (Å²) in [5, 5.41) is 7.49. The number of aromatic nitrogens is 1. The first-order valence-electron chi connectivity index (χ1n) is 17.5. The SMILES string of the molecule is CN(Cc1nc(-c2ccccc2)c(-c2ccccc2)o1)C1(OCc2cc3ccccc3c3ccc4ccccc4c23)CCCc2ccccc21. The van der Waals surface area contributed by atoms with Crippen molar-refractivity contribution in [2.75, 3.05) is 7.05 Å². The number of benzene rings is 7. The molecule has 0 bridgehead atoms. The second-order valence-corrected chi connectivity index (χ2v) is 13.4. The monoisotopic (exact) mass is 650 g/mol. The molecule has 4 nitrogen and oxygen atoms in total. The summed E-state index contributed by atoms with van der Waals surface area (Å²) in [4.78, 5) is 7.46. The van der Waals surface area contributed by atoms with E-state index in [2.05, 4.69) is 127 Å². The highest BCUT2D eigenvalue weighted by atomic mass is 16.5. The van der Waals surface area contributed by atoms with Crippen molar-refractivity contribution < 1.29 is 9.15 Å². The third-order valence-electron chi connectivity index (χ3n) is 10.4. The van der Waals surface area contributed by atoms with Gasteiger partial charge in [0, 0.05) is 16.7 Å². The number of fused-ring (bicyclic) bond motifs is 6. The molecule has 7 aromatic carbocycles. The fourth-order valence-electron chi connectivity index (χ4n) is 8.05. The van der Waals surface area contributed by atoms with Crippen molar-refractivity contribution in [1.82, 2.24) is 9.88 Å². The summed E-state index contributed by atoms with van der Waals surface area (Å²) in [5.74, 6) is 1.45. The van der Waals surface area contributed by atoms with Crippen LogP contribution in [-0.2, 0) is 30.0 Å². The van der Waals surface area contributed by atoms with Crippen molar-refractivity contribution in [3.63, 3.8) is 0 Å². The van der Waals surface area contributed by atoms with Gasteiger partial charge < -0.3 is 9.15 Å². The van der Waals surface area contributed by atoms with Gasteiger partial charge in [-0.15, -0.1) is 0 Å². The van der Waals surface area contributed by atoms with Crippen LogP contribution in [0.15, 0.2) is 156 Å². The highest BCUT2D eigenvalue weighted by molar-refractivity contribution is 6.18. The molecule has 1 unspecified atom stereocenters. The molecule has 1 aliphatic rings. The average molecular weight is 651 g/mol. The normalized spacial score (nSPS) is 16.0.